The summed E-state index contributed by atoms with van der Waals surface area (Å²) in [5.41, 5.74) is 4.50. The number of rotatable bonds is 10. The first-order valence-corrected chi connectivity index (χ1v) is 11.9. The van der Waals surface area contributed by atoms with Crippen molar-refractivity contribution in [1.29, 1.82) is 0 Å². The van der Waals surface area contributed by atoms with E-state index < -0.39 is 0 Å². The number of nitrogens with zero attached hydrogens (tertiary/aromatic N) is 2. The van der Waals surface area contributed by atoms with Gasteiger partial charge in [-0.2, -0.15) is 0 Å². The molecule has 0 aliphatic carbocycles. The first kappa shape index (κ1) is 23.8. The van der Waals surface area contributed by atoms with Gasteiger partial charge in [0.1, 0.15) is 0 Å². The summed E-state index contributed by atoms with van der Waals surface area (Å²) in [5.74, 6) is 0.0472. The third-order valence-electron chi connectivity index (χ3n) is 6.03. The molecule has 1 fully saturated rings. The van der Waals surface area contributed by atoms with Crippen LogP contribution in [-0.4, -0.2) is 61.0 Å². The van der Waals surface area contributed by atoms with E-state index in [1.54, 1.807) is 12.4 Å². The first-order valence-electron chi connectivity index (χ1n) is 11.9. The van der Waals surface area contributed by atoms with E-state index in [2.05, 4.69) is 15.2 Å². The molecule has 4 rings (SSSR count). The summed E-state index contributed by atoms with van der Waals surface area (Å²) < 4.78 is 5.37. The van der Waals surface area contributed by atoms with Crippen molar-refractivity contribution in [3.05, 3.63) is 101 Å². The van der Waals surface area contributed by atoms with Crippen LogP contribution in [-0.2, 0) is 17.6 Å². The monoisotopic (exact) mass is 457 g/mol. The maximum Gasteiger partial charge on any atom is 0.251 e. The van der Waals surface area contributed by atoms with Gasteiger partial charge in [0, 0.05) is 49.6 Å². The van der Waals surface area contributed by atoms with Crippen molar-refractivity contribution >= 4 is 11.7 Å². The Balaban J connectivity index is 1.26. The minimum atomic E-state index is -0.0408. The second-order valence-electron chi connectivity index (χ2n) is 8.59. The Morgan fingerprint density at radius 2 is 1.65 bits per heavy atom. The lowest BCUT2D eigenvalue weighted by Crippen LogP contribution is -2.38. The average Bonchev–Trinajstić information content (AvgIpc) is 2.88. The van der Waals surface area contributed by atoms with Crippen molar-refractivity contribution in [3.63, 3.8) is 0 Å². The van der Waals surface area contributed by atoms with Crippen LogP contribution in [0.3, 0.4) is 0 Å². The van der Waals surface area contributed by atoms with E-state index in [4.69, 9.17) is 4.74 Å². The zero-order chi connectivity index (χ0) is 23.6. The number of pyridine rings is 1. The van der Waals surface area contributed by atoms with Gasteiger partial charge in [-0.3, -0.25) is 19.5 Å². The molecule has 6 heteroatoms. The second-order valence-corrected chi connectivity index (χ2v) is 8.59. The van der Waals surface area contributed by atoms with Crippen LogP contribution in [0.1, 0.15) is 43.8 Å². The number of morpholine rings is 1. The average molecular weight is 458 g/mol. The van der Waals surface area contributed by atoms with E-state index >= 15 is 0 Å². The predicted molar refractivity (Wildman–Crippen MR) is 132 cm³/mol. The Morgan fingerprint density at radius 1 is 0.882 bits per heavy atom. The molecule has 2 aromatic carbocycles. The number of aromatic nitrogens is 1. The molecule has 1 aliphatic heterocycles. The van der Waals surface area contributed by atoms with Crippen LogP contribution in [0, 0.1) is 0 Å². The molecular weight excluding hydrogens is 426 g/mol. The van der Waals surface area contributed by atoms with Crippen LogP contribution < -0.4 is 5.32 Å². The summed E-state index contributed by atoms with van der Waals surface area (Å²) >= 11 is 0. The molecule has 0 unspecified atom stereocenters. The fourth-order valence-corrected chi connectivity index (χ4v) is 4.09. The van der Waals surface area contributed by atoms with Crippen LogP contribution in [0.15, 0.2) is 73.1 Å². The van der Waals surface area contributed by atoms with Crippen molar-refractivity contribution < 1.29 is 14.3 Å². The van der Waals surface area contributed by atoms with Gasteiger partial charge in [0.2, 0.25) is 0 Å². The van der Waals surface area contributed by atoms with Gasteiger partial charge in [0.15, 0.2) is 5.78 Å². The smallest absolute Gasteiger partial charge is 0.251 e. The molecule has 1 saturated heterocycles. The molecule has 1 aromatic heterocycles. The summed E-state index contributed by atoms with van der Waals surface area (Å²) in [5, 5.41) is 3.03. The van der Waals surface area contributed by atoms with Gasteiger partial charge in [0.05, 0.1) is 13.2 Å². The van der Waals surface area contributed by atoms with Crippen molar-refractivity contribution in [1.82, 2.24) is 15.2 Å². The van der Waals surface area contributed by atoms with Crippen molar-refractivity contribution in [3.8, 4) is 0 Å². The van der Waals surface area contributed by atoms with Crippen molar-refractivity contribution in [2.24, 2.45) is 0 Å². The molecule has 6 nitrogen and oxygen atoms in total. The third kappa shape index (κ3) is 7.07. The maximum absolute atomic E-state index is 12.6. The Bertz CT molecular complexity index is 1080. The molecule has 34 heavy (non-hydrogen) atoms. The summed E-state index contributed by atoms with van der Waals surface area (Å²) in [6.07, 6.45) is 5.40. The van der Waals surface area contributed by atoms with Gasteiger partial charge in [-0.15, -0.1) is 0 Å². The molecule has 0 saturated carbocycles. The Hall–Kier alpha value is -3.35. The van der Waals surface area contributed by atoms with Gasteiger partial charge >= 0.3 is 0 Å². The molecule has 0 atom stereocenters. The number of nitrogens with one attached hydrogen (secondary N) is 1. The molecule has 0 bridgehead atoms. The number of hydrogen-bond acceptors (Lipinski definition) is 5. The first-order chi connectivity index (χ1) is 16.7. The number of ether oxygens (including phenoxy) is 1. The van der Waals surface area contributed by atoms with E-state index in [0.717, 1.165) is 56.0 Å². The van der Waals surface area contributed by atoms with E-state index in [1.807, 2.05) is 60.7 Å². The van der Waals surface area contributed by atoms with Crippen LogP contribution in [0.2, 0.25) is 0 Å². The molecule has 2 heterocycles. The predicted octanol–water partition coefficient (Wildman–Crippen LogP) is 3.55. The normalized spacial score (nSPS) is 14.0. The van der Waals surface area contributed by atoms with Crippen LogP contribution in [0.25, 0.3) is 0 Å². The third-order valence-corrected chi connectivity index (χ3v) is 6.03. The lowest BCUT2D eigenvalue weighted by Gasteiger charge is -2.26. The maximum atomic E-state index is 12.6. The molecule has 1 amide bonds. The van der Waals surface area contributed by atoms with Crippen LogP contribution in [0.4, 0.5) is 0 Å². The molecule has 0 spiro atoms. The number of benzene rings is 2. The molecule has 3 aromatic rings. The van der Waals surface area contributed by atoms with E-state index in [-0.39, 0.29) is 11.7 Å². The zero-order valence-corrected chi connectivity index (χ0v) is 19.4. The SMILES string of the molecule is O=C(Cc1ccncc1)c1ccc(Cc2cccc(C(=O)NCCCN3CCOCC3)c2)cc1. The number of hydrogen-bond donors (Lipinski definition) is 1. The van der Waals surface area contributed by atoms with Crippen molar-refractivity contribution in [2.45, 2.75) is 19.3 Å². The Labute approximate surface area is 201 Å². The Kier molecular flexibility index (Phi) is 8.54. The van der Waals surface area contributed by atoms with E-state index in [9.17, 15) is 9.59 Å². The highest BCUT2D eigenvalue weighted by Gasteiger charge is 2.11. The number of carbonyl (C=O) groups is 2. The zero-order valence-electron chi connectivity index (χ0n) is 19.4. The lowest BCUT2D eigenvalue weighted by atomic mass is 9.99. The highest BCUT2D eigenvalue weighted by atomic mass is 16.5. The summed E-state index contributed by atoms with van der Waals surface area (Å²) in [7, 11) is 0. The quantitative estimate of drug-likeness (QED) is 0.372. The molecular formula is C28H31N3O3. The molecule has 1 aliphatic rings. The topological polar surface area (TPSA) is 71.5 Å². The lowest BCUT2D eigenvalue weighted by molar-refractivity contribution is 0.0374. The van der Waals surface area contributed by atoms with Crippen LogP contribution in [0.5, 0.6) is 0 Å². The minimum absolute atomic E-state index is 0.0408. The summed E-state index contributed by atoms with van der Waals surface area (Å²) in [4.78, 5) is 31.5. The van der Waals surface area contributed by atoms with Crippen molar-refractivity contribution in [2.75, 3.05) is 39.4 Å². The fourth-order valence-electron chi connectivity index (χ4n) is 4.09. The number of amides is 1. The summed E-state index contributed by atoms with van der Waals surface area (Å²) in [6, 6.07) is 19.2. The van der Waals surface area contributed by atoms with Gasteiger partial charge < -0.3 is 10.1 Å². The van der Waals surface area contributed by atoms with Gasteiger partial charge in [-0.05, 0) is 60.3 Å². The molecule has 1 N–H and O–H groups in total. The number of carbonyl (C=O) groups excluding carboxylic acids is 2. The van der Waals surface area contributed by atoms with Gasteiger partial charge in [-0.1, -0.05) is 36.4 Å². The summed E-state index contributed by atoms with van der Waals surface area (Å²) in [6.45, 7) is 5.17. The highest BCUT2D eigenvalue weighted by Crippen LogP contribution is 2.14. The van der Waals surface area contributed by atoms with Gasteiger partial charge in [0.25, 0.3) is 5.91 Å². The fraction of sp³-hybridized carbons (Fsp3) is 0.321. The minimum Gasteiger partial charge on any atom is -0.379 e. The highest BCUT2D eigenvalue weighted by molar-refractivity contribution is 5.97. The Morgan fingerprint density at radius 3 is 2.41 bits per heavy atom. The van der Waals surface area contributed by atoms with E-state index in [1.165, 1.54) is 0 Å². The number of ketones is 1. The van der Waals surface area contributed by atoms with Gasteiger partial charge in [-0.25, -0.2) is 0 Å². The standard InChI is InChI=1S/C28H31N3O3/c32-27(21-23-9-12-29-13-10-23)25-7-5-22(6-8-25)19-24-3-1-4-26(20-24)28(33)30-11-2-14-31-15-17-34-18-16-31/h1,3-10,12-13,20H,2,11,14-19,21H2,(H,30,33). The number of Topliss-reactive ketones (excluding diaryl/α,β-unsaturated/α-hetero) is 1. The molecule has 176 valence electrons. The second kappa shape index (κ2) is 12.2. The van der Waals surface area contributed by atoms with E-state index in [0.29, 0.717) is 30.5 Å². The molecule has 0 radical (unpaired) electrons. The van der Waals surface area contributed by atoms with Crippen LogP contribution >= 0.6 is 0 Å². The largest absolute Gasteiger partial charge is 0.379 e.